The molecule has 2 saturated carbocycles. The lowest BCUT2D eigenvalue weighted by atomic mass is 9.80. The highest BCUT2D eigenvalue weighted by Crippen LogP contribution is 2.49. The van der Waals surface area contributed by atoms with Crippen LogP contribution in [0.1, 0.15) is 45.4 Å². The molecule has 1 aliphatic heterocycles. The summed E-state index contributed by atoms with van der Waals surface area (Å²) in [5.41, 5.74) is -0.248. The molecule has 2 bridgehead atoms. The maximum absolute atomic E-state index is 12.8. The third-order valence-electron chi connectivity index (χ3n) is 6.30. The van der Waals surface area contributed by atoms with Gasteiger partial charge in [-0.25, -0.2) is 0 Å². The molecular weight excluding hydrogens is 300 g/mol. The fraction of sp³-hybridized carbons (Fsp3) is 0.941. The van der Waals surface area contributed by atoms with E-state index in [-0.39, 0.29) is 23.7 Å². The Labute approximate surface area is 140 Å². The number of hydrogen-bond donors (Lipinski definition) is 2. The van der Waals surface area contributed by atoms with E-state index in [1.54, 1.807) is 7.11 Å². The number of carbonyl (C=O) groups excluding carboxylic acids is 1. The number of halogens is 1. The van der Waals surface area contributed by atoms with Crippen LogP contribution in [0.5, 0.6) is 0 Å². The minimum Gasteiger partial charge on any atom is -0.385 e. The Morgan fingerprint density at radius 3 is 2.77 bits per heavy atom. The van der Waals surface area contributed by atoms with Gasteiger partial charge in [0.1, 0.15) is 0 Å². The van der Waals surface area contributed by atoms with Gasteiger partial charge in [-0.1, -0.05) is 6.42 Å². The summed E-state index contributed by atoms with van der Waals surface area (Å²) >= 11 is 0. The molecule has 3 fully saturated rings. The van der Waals surface area contributed by atoms with E-state index in [1.165, 1.54) is 25.7 Å². The largest absolute Gasteiger partial charge is 0.385 e. The number of rotatable bonds is 6. The van der Waals surface area contributed by atoms with Gasteiger partial charge in [-0.3, -0.25) is 4.79 Å². The molecule has 4 nitrogen and oxygen atoms in total. The first-order valence-electron chi connectivity index (χ1n) is 8.65. The summed E-state index contributed by atoms with van der Waals surface area (Å²) in [7, 11) is 1.71. The fourth-order valence-electron chi connectivity index (χ4n) is 4.94. The molecule has 0 spiro atoms. The van der Waals surface area contributed by atoms with Gasteiger partial charge >= 0.3 is 0 Å². The molecule has 1 saturated heterocycles. The van der Waals surface area contributed by atoms with Crippen LogP contribution in [0.15, 0.2) is 0 Å². The predicted molar refractivity (Wildman–Crippen MR) is 90.2 cm³/mol. The van der Waals surface area contributed by atoms with Crippen molar-refractivity contribution < 1.29 is 9.53 Å². The molecule has 0 aromatic rings. The Bertz CT molecular complexity index is 385. The van der Waals surface area contributed by atoms with E-state index in [2.05, 4.69) is 17.6 Å². The van der Waals surface area contributed by atoms with E-state index in [1.807, 2.05) is 0 Å². The van der Waals surface area contributed by atoms with Gasteiger partial charge in [0.05, 0.1) is 5.41 Å². The smallest absolute Gasteiger partial charge is 0.227 e. The van der Waals surface area contributed by atoms with Crippen molar-refractivity contribution in [1.29, 1.82) is 0 Å². The maximum Gasteiger partial charge on any atom is 0.227 e. The highest BCUT2D eigenvalue weighted by Gasteiger charge is 2.45. The second-order valence-corrected chi connectivity index (χ2v) is 7.55. The van der Waals surface area contributed by atoms with Crippen molar-refractivity contribution in [3.05, 3.63) is 0 Å². The summed E-state index contributed by atoms with van der Waals surface area (Å²) in [6.45, 7) is 4.62. The topological polar surface area (TPSA) is 50.4 Å². The predicted octanol–water partition coefficient (Wildman–Crippen LogP) is 2.37. The van der Waals surface area contributed by atoms with E-state index < -0.39 is 0 Å². The van der Waals surface area contributed by atoms with Gasteiger partial charge in [0, 0.05) is 26.3 Å². The van der Waals surface area contributed by atoms with Crippen molar-refractivity contribution >= 4 is 18.3 Å². The van der Waals surface area contributed by atoms with Crippen LogP contribution in [0.4, 0.5) is 0 Å². The monoisotopic (exact) mass is 330 g/mol. The van der Waals surface area contributed by atoms with Gasteiger partial charge in [0.25, 0.3) is 0 Å². The minimum atomic E-state index is -0.248. The highest BCUT2D eigenvalue weighted by atomic mass is 35.5. The summed E-state index contributed by atoms with van der Waals surface area (Å²) in [5, 5.41) is 6.72. The normalized spacial score (nSPS) is 37.8. The zero-order chi connectivity index (χ0) is 14.9. The van der Waals surface area contributed by atoms with Crippen molar-refractivity contribution in [1.82, 2.24) is 10.6 Å². The fourth-order valence-corrected chi connectivity index (χ4v) is 4.94. The Morgan fingerprint density at radius 1 is 1.41 bits per heavy atom. The van der Waals surface area contributed by atoms with Gasteiger partial charge in [-0.05, 0) is 63.3 Å². The van der Waals surface area contributed by atoms with E-state index in [0.29, 0.717) is 18.6 Å². The second kappa shape index (κ2) is 7.50. The standard InChI is InChI=1S/C17H30N2O2.ClH/c1-12(15-10-13-3-4-14(15)9-13)19-16(20)17(6-8-21-2)5-7-18-11-17;/h12-15,18H,3-11H2,1-2H3,(H,19,20);1H. The van der Waals surface area contributed by atoms with Crippen LogP contribution in [0.3, 0.4) is 0 Å². The molecular formula is C17H31ClN2O2. The van der Waals surface area contributed by atoms with Crippen LogP contribution in [-0.4, -0.2) is 38.8 Å². The Morgan fingerprint density at radius 2 is 2.23 bits per heavy atom. The van der Waals surface area contributed by atoms with Gasteiger partial charge in [0.2, 0.25) is 5.91 Å². The number of fused-ring (bicyclic) bond motifs is 2. The molecule has 2 N–H and O–H groups in total. The lowest BCUT2D eigenvalue weighted by molar-refractivity contribution is -0.132. The van der Waals surface area contributed by atoms with Crippen molar-refractivity contribution in [2.45, 2.75) is 51.5 Å². The van der Waals surface area contributed by atoms with Crippen LogP contribution in [-0.2, 0) is 9.53 Å². The maximum atomic E-state index is 12.8. The zero-order valence-corrected chi connectivity index (χ0v) is 14.7. The number of nitrogens with one attached hydrogen (secondary N) is 2. The molecule has 1 heterocycles. The summed E-state index contributed by atoms with van der Waals surface area (Å²) in [6.07, 6.45) is 7.30. The second-order valence-electron chi connectivity index (χ2n) is 7.55. The summed E-state index contributed by atoms with van der Waals surface area (Å²) < 4.78 is 5.22. The Kier molecular flexibility index (Phi) is 6.14. The highest BCUT2D eigenvalue weighted by molar-refractivity contribution is 5.85. The lowest BCUT2D eigenvalue weighted by Crippen LogP contribution is -2.49. The van der Waals surface area contributed by atoms with Crippen LogP contribution in [0.25, 0.3) is 0 Å². The molecule has 0 aromatic heterocycles. The van der Waals surface area contributed by atoms with Crippen LogP contribution in [0.2, 0.25) is 0 Å². The molecule has 2 aliphatic carbocycles. The van der Waals surface area contributed by atoms with Crippen LogP contribution >= 0.6 is 12.4 Å². The van der Waals surface area contributed by atoms with Crippen LogP contribution < -0.4 is 10.6 Å². The number of hydrogen-bond acceptors (Lipinski definition) is 3. The quantitative estimate of drug-likeness (QED) is 0.786. The number of amides is 1. The average Bonchev–Trinajstić information content (AvgIpc) is 3.21. The molecule has 5 unspecified atom stereocenters. The van der Waals surface area contributed by atoms with E-state index in [9.17, 15) is 4.79 Å². The first-order valence-corrected chi connectivity index (χ1v) is 8.65. The molecule has 3 aliphatic rings. The zero-order valence-electron chi connectivity index (χ0n) is 13.9. The van der Waals surface area contributed by atoms with E-state index in [4.69, 9.17) is 4.74 Å². The van der Waals surface area contributed by atoms with Crippen molar-refractivity contribution in [3.63, 3.8) is 0 Å². The Balaban J connectivity index is 0.00000176. The molecule has 5 heteroatoms. The summed E-state index contributed by atoms with van der Waals surface area (Å²) in [4.78, 5) is 12.8. The molecule has 0 radical (unpaired) electrons. The van der Waals surface area contributed by atoms with E-state index in [0.717, 1.165) is 37.8 Å². The number of methoxy groups -OCH3 is 1. The van der Waals surface area contributed by atoms with E-state index >= 15 is 0 Å². The average molecular weight is 331 g/mol. The van der Waals surface area contributed by atoms with Gasteiger partial charge in [0.15, 0.2) is 0 Å². The lowest BCUT2D eigenvalue weighted by Gasteiger charge is -2.33. The molecule has 22 heavy (non-hydrogen) atoms. The van der Waals surface area contributed by atoms with Gasteiger partial charge in [-0.15, -0.1) is 12.4 Å². The first kappa shape index (κ1) is 18.0. The van der Waals surface area contributed by atoms with Crippen LogP contribution in [0, 0.1) is 23.2 Å². The third kappa shape index (κ3) is 3.44. The first-order chi connectivity index (χ1) is 10.1. The molecule has 5 atom stereocenters. The SMILES string of the molecule is COCCC1(C(=O)NC(C)C2CC3CCC2C3)CCNC1.Cl. The summed E-state index contributed by atoms with van der Waals surface area (Å²) in [6, 6.07) is 0.327. The molecule has 1 amide bonds. The molecule has 0 aromatic carbocycles. The van der Waals surface area contributed by atoms with Crippen molar-refractivity contribution in [2.75, 3.05) is 26.8 Å². The summed E-state index contributed by atoms with van der Waals surface area (Å²) in [5.74, 6) is 2.76. The Hall–Kier alpha value is -0.320. The number of carbonyl (C=O) groups is 1. The molecule has 128 valence electrons. The van der Waals surface area contributed by atoms with Gasteiger partial charge < -0.3 is 15.4 Å². The van der Waals surface area contributed by atoms with Crippen molar-refractivity contribution in [2.24, 2.45) is 23.2 Å². The third-order valence-corrected chi connectivity index (χ3v) is 6.30. The van der Waals surface area contributed by atoms with Crippen molar-refractivity contribution in [3.8, 4) is 0 Å². The molecule has 3 rings (SSSR count). The minimum absolute atomic E-state index is 0. The number of ether oxygens (including phenoxy) is 1. The van der Waals surface area contributed by atoms with Gasteiger partial charge in [-0.2, -0.15) is 0 Å².